The van der Waals surface area contributed by atoms with Crippen LogP contribution in [0.1, 0.15) is 11.1 Å². The van der Waals surface area contributed by atoms with Crippen LogP contribution in [-0.2, 0) is 16.2 Å². The van der Waals surface area contributed by atoms with E-state index in [2.05, 4.69) is 5.32 Å². The summed E-state index contributed by atoms with van der Waals surface area (Å²) in [6.45, 7) is 0.262. The fourth-order valence-corrected chi connectivity index (χ4v) is 3.27. The zero-order valence-corrected chi connectivity index (χ0v) is 17.3. The number of amides is 4. The van der Waals surface area contributed by atoms with E-state index in [9.17, 15) is 18.8 Å². The second-order valence-electron chi connectivity index (χ2n) is 6.92. The van der Waals surface area contributed by atoms with Gasteiger partial charge in [0.25, 0.3) is 11.8 Å². The van der Waals surface area contributed by atoms with E-state index >= 15 is 0 Å². The number of anilines is 1. The monoisotopic (exact) mass is 450 g/mol. The van der Waals surface area contributed by atoms with Crippen molar-refractivity contribution in [3.05, 3.63) is 100 Å². The number of ether oxygens (including phenoxy) is 1. The molecule has 1 heterocycles. The van der Waals surface area contributed by atoms with Gasteiger partial charge in [-0.05, 0) is 59.7 Å². The fraction of sp³-hybridized carbons (Fsp3) is 0.0417. The average Bonchev–Trinajstić information content (AvgIpc) is 2.77. The van der Waals surface area contributed by atoms with Crippen molar-refractivity contribution in [3.8, 4) is 5.75 Å². The number of hydrogen-bond donors (Lipinski definition) is 1. The summed E-state index contributed by atoms with van der Waals surface area (Å²) >= 11 is 5.96. The number of carbonyl (C=O) groups is 3. The number of halogens is 2. The number of imide groups is 2. The summed E-state index contributed by atoms with van der Waals surface area (Å²) in [6, 6.07) is 18.1. The Morgan fingerprint density at radius 1 is 0.969 bits per heavy atom. The molecule has 1 aliphatic heterocycles. The van der Waals surface area contributed by atoms with Gasteiger partial charge in [0, 0.05) is 5.02 Å². The molecule has 8 heteroatoms. The van der Waals surface area contributed by atoms with Gasteiger partial charge in [-0.15, -0.1) is 0 Å². The van der Waals surface area contributed by atoms with Gasteiger partial charge in [-0.1, -0.05) is 41.9 Å². The molecule has 4 amide bonds. The fourth-order valence-electron chi connectivity index (χ4n) is 3.08. The highest BCUT2D eigenvalue weighted by Gasteiger charge is 2.36. The zero-order chi connectivity index (χ0) is 22.7. The minimum Gasteiger partial charge on any atom is -0.489 e. The second kappa shape index (κ2) is 9.03. The lowest BCUT2D eigenvalue weighted by Gasteiger charge is -2.26. The van der Waals surface area contributed by atoms with E-state index in [0.717, 1.165) is 10.5 Å². The van der Waals surface area contributed by atoms with E-state index in [1.54, 1.807) is 54.6 Å². The molecule has 4 rings (SSSR count). The molecule has 1 aliphatic rings. The number of urea groups is 1. The minimum absolute atomic E-state index is 0.190. The molecular formula is C24H16ClFN2O4. The van der Waals surface area contributed by atoms with Crippen molar-refractivity contribution in [1.82, 2.24) is 5.32 Å². The van der Waals surface area contributed by atoms with Crippen molar-refractivity contribution in [2.75, 3.05) is 4.90 Å². The third-order valence-electron chi connectivity index (χ3n) is 4.68. The van der Waals surface area contributed by atoms with Crippen LogP contribution in [0, 0.1) is 5.82 Å². The van der Waals surface area contributed by atoms with E-state index in [4.69, 9.17) is 16.3 Å². The van der Waals surface area contributed by atoms with Crippen LogP contribution in [0.4, 0.5) is 14.9 Å². The Bertz CT molecular complexity index is 1220. The Labute approximate surface area is 187 Å². The van der Waals surface area contributed by atoms with Gasteiger partial charge in [0.15, 0.2) is 0 Å². The molecule has 0 aromatic heterocycles. The molecule has 1 N–H and O–H groups in total. The van der Waals surface area contributed by atoms with Crippen LogP contribution in [0.25, 0.3) is 6.08 Å². The van der Waals surface area contributed by atoms with Crippen molar-refractivity contribution in [2.45, 2.75) is 6.61 Å². The van der Waals surface area contributed by atoms with Crippen LogP contribution >= 0.6 is 11.6 Å². The first kappa shape index (κ1) is 21.3. The molecule has 3 aromatic carbocycles. The molecule has 0 saturated carbocycles. The van der Waals surface area contributed by atoms with E-state index < -0.39 is 17.8 Å². The molecule has 160 valence electrons. The summed E-state index contributed by atoms with van der Waals surface area (Å²) in [5.41, 5.74) is 1.44. The first-order valence-electron chi connectivity index (χ1n) is 9.55. The molecule has 0 spiro atoms. The molecule has 0 bridgehead atoms. The summed E-state index contributed by atoms with van der Waals surface area (Å²) in [7, 11) is 0. The van der Waals surface area contributed by atoms with Crippen LogP contribution in [-0.4, -0.2) is 17.8 Å². The first-order valence-corrected chi connectivity index (χ1v) is 9.93. The molecule has 0 radical (unpaired) electrons. The Kier molecular flexibility index (Phi) is 6.00. The van der Waals surface area contributed by atoms with E-state index in [0.29, 0.717) is 16.3 Å². The minimum atomic E-state index is -0.844. The maximum Gasteiger partial charge on any atom is 0.335 e. The quantitative estimate of drug-likeness (QED) is 0.450. The van der Waals surface area contributed by atoms with E-state index in [1.165, 1.54) is 24.3 Å². The standard InChI is InChI=1S/C24H16ClFN2O4/c25-17-2-1-3-19(13-17)28-23(30)21(22(29)27-24(28)31)12-15-6-10-20(11-7-15)32-14-16-4-8-18(26)9-5-16/h1-13H,14H2,(H,27,29,31)/b21-12+. The molecule has 0 unspecified atom stereocenters. The van der Waals surface area contributed by atoms with Crippen molar-refractivity contribution in [3.63, 3.8) is 0 Å². The summed E-state index contributed by atoms with van der Waals surface area (Å²) in [5.74, 6) is -1.29. The van der Waals surface area contributed by atoms with Crippen LogP contribution < -0.4 is 15.0 Å². The number of hydrogen-bond acceptors (Lipinski definition) is 4. The van der Waals surface area contributed by atoms with Gasteiger partial charge in [0.1, 0.15) is 23.7 Å². The Balaban J connectivity index is 1.51. The maximum atomic E-state index is 13.0. The van der Waals surface area contributed by atoms with E-state index in [-0.39, 0.29) is 23.7 Å². The van der Waals surface area contributed by atoms with E-state index in [1.807, 2.05) is 0 Å². The maximum absolute atomic E-state index is 13.0. The molecule has 3 aromatic rings. The number of nitrogens with zero attached hydrogens (tertiary/aromatic N) is 1. The third-order valence-corrected chi connectivity index (χ3v) is 4.91. The highest BCUT2D eigenvalue weighted by atomic mass is 35.5. The molecule has 6 nitrogen and oxygen atoms in total. The number of nitrogens with one attached hydrogen (secondary N) is 1. The van der Waals surface area contributed by atoms with Crippen molar-refractivity contribution < 1.29 is 23.5 Å². The summed E-state index contributed by atoms with van der Waals surface area (Å²) in [4.78, 5) is 38.3. The van der Waals surface area contributed by atoms with Gasteiger partial charge >= 0.3 is 6.03 Å². The molecule has 0 aliphatic carbocycles. The number of barbiturate groups is 1. The van der Waals surface area contributed by atoms with Crippen LogP contribution in [0.5, 0.6) is 5.75 Å². The van der Waals surface area contributed by atoms with Gasteiger partial charge in [-0.25, -0.2) is 14.1 Å². The Hall–Kier alpha value is -3.97. The van der Waals surface area contributed by atoms with Gasteiger partial charge in [-0.3, -0.25) is 14.9 Å². The number of carbonyl (C=O) groups excluding carboxylic acids is 3. The van der Waals surface area contributed by atoms with Crippen LogP contribution in [0.3, 0.4) is 0 Å². The second-order valence-corrected chi connectivity index (χ2v) is 7.36. The van der Waals surface area contributed by atoms with Crippen molar-refractivity contribution >= 4 is 41.2 Å². The predicted molar refractivity (Wildman–Crippen MR) is 118 cm³/mol. The van der Waals surface area contributed by atoms with Crippen molar-refractivity contribution in [2.24, 2.45) is 0 Å². The smallest absolute Gasteiger partial charge is 0.335 e. The largest absolute Gasteiger partial charge is 0.489 e. The van der Waals surface area contributed by atoms with Gasteiger partial charge in [-0.2, -0.15) is 0 Å². The topological polar surface area (TPSA) is 75.7 Å². The normalized spacial score (nSPS) is 15.1. The molecule has 1 fully saturated rings. The summed E-state index contributed by atoms with van der Waals surface area (Å²) in [6.07, 6.45) is 1.39. The summed E-state index contributed by atoms with van der Waals surface area (Å²) < 4.78 is 18.6. The molecule has 1 saturated heterocycles. The average molecular weight is 451 g/mol. The summed E-state index contributed by atoms with van der Waals surface area (Å²) in [5, 5.41) is 2.52. The Morgan fingerprint density at radius 3 is 2.38 bits per heavy atom. The molecule has 32 heavy (non-hydrogen) atoms. The third kappa shape index (κ3) is 4.68. The SMILES string of the molecule is O=C1NC(=O)N(c2cccc(Cl)c2)C(=O)/C1=C/c1ccc(OCc2ccc(F)cc2)cc1. The van der Waals surface area contributed by atoms with Crippen LogP contribution in [0.15, 0.2) is 78.4 Å². The van der Waals surface area contributed by atoms with Gasteiger partial charge in [0.05, 0.1) is 5.69 Å². The Morgan fingerprint density at radius 2 is 1.69 bits per heavy atom. The number of rotatable bonds is 5. The first-order chi connectivity index (χ1) is 15.4. The zero-order valence-electron chi connectivity index (χ0n) is 16.5. The lowest BCUT2D eigenvalue weighted by Crippen LogP contribution is -2.54. The number of benzene rings is 3. The van der Waals surface area contributed by atoms with Crippen molar-refractivity contribution in [1.29, 1.82) is 0 Å². The van der Waals surface area contributed by atoms with Gasteiger partial charge < -0.3 is 4.74 Å². The predicted octanol–water partition coefficient (Wildman–Crippen LogP) is 4.72. The van der Waals surface area contributed by atoms with Crippen LogP contribution in [0.2, 0.25) is 5.02 Å². The molecular weight excluding hydrogens is 435 g/mol. The highest BCUT2D eigenvalue weighted by molar-refractivity contribution is 6.39. The van der Waals surface area contributed by atoms with Gasteiger partial charge in [0.2, 0.25) is 0 Å². The lowest BCUT2D eigenvalue weighted by atomic mass is 10.1. The lowest BCUT2D eigenvalue weighted by molar-refractivity contribution is -0.122. The molecule has 0 atom stereocenters. The highest BCUT2D eigenvalue weighted by Crippen LogP contribution is 2.25.